The van der Waals surface area contributed by atoms with Gasteiger partial charge in [0.2, 0.25) is 5.91 Å². The Morgan fingerprint density at radius 1 is 1.04 bits per heavy atom. The average Bonchev–Trinajstić information content (AvgIpc) is 2.67. The van der Waals surface area contributed by atoms with Crippen LogP contribution in [0.2, 0.25) is 0 Å². The van der Waals surface area contributed by atoms with Crippen LogP contribution in [0.15, 0.2) is 60.7 Å². The molecule has 0 saturated carbocycles. The molecule has 1 heterocycles. The van der Waals surface area contributed by atoms with Crippen molar-refractivity contribution in [2.24, 2.45) is 0 Å². The second-order valence-corrected chi connectivity index (χ2v) is 7.01. The molecule has 1 aliphatic rings. The third kappa shape index (κ3) is 4.48. The van der Waals surface area contributed by atoms with Gasteiger partial charge in [0, 0.05) is 16.7 Å². The first-order valence-electron chi connectivity index (χ1n) is 8.20. The molecule has 0 radical (unpaired) electrons. The van der Waals surface area contributed by atoms with Gasteiger partial charge in [0.15, 0.2) is 0 Å². The van der Waals surface area contributed by atoms with E-state index in [9.17, 15) is 9.59 Å². The number of amides is 2. The average molecular weight is 446 g/mol. The zero-order chi connectivity index (χ0) is 17.6. The molecule has 4 nitrogen and oxygen atoms in total. The van der Waals surface area contributed by atoms with Crippen molar-refractivity contribution in [3.63, 3.8) is 0 Å². The van der Waals surface area contributed by atoms with Gasteiger partial charge in [-0.25, -0.2) is 0 Å². The van der Waals surface area contributed by atoms with Crippen molar-refractivity contribution in [1.82, 2.24) is 10.2 Å². The van der Waals surface area contributed by atoms with Crippen molar-refractivity contribution in [3.05, 3.63) is 75.4 Å². The lowest BCUT2D eigenvalue weighted by atomic mass is 9.99. The largest absolute Gasteiger partial charge is 0.343 e. The highest BCUT2D eigenvalue weighted by molar-refractivity contribution is 14.1. The number of hydrogen-bond donors (Lipinski definition) is 1. The van der Waals surface area contributed by atoms with Crippen LogP contribution in [-0.4, -0.2) is 36.3 Å². The van der Waals surface area contributed by atoms with Gasteiger partial charge in [-0.05, 0) is 52.3 Å². The van der Waals surface area contributed by atoms with Crippen LogP contribution < -0.4 is 5.32 Å². The van der Waals surface area contributed by atoms with Crippen LogP contribution >= 0.6 is 22.6 Å². The van der Waals surface area contributed by atoms with Gasteiger partial charge < -0.3 is 10.2 Å². The third-order valence-electron chi connectivity index (χ3n) is 4.23. The van der Waals surface area contributed by atoms with E-state index < -0.39 is 0 Å². The smallest absolute Gasteiger partial charge is 0.252 e. The van der Waals surface area contributed by atoms with E-state index in [1.165, 1.54) is 11.1 Å². The molecule has 2 amide bonds. The zero-order valence-corrected chi connectivity index (χ0v) is 15.9. The summed E-state index contributed by atoms with van der Waals surface area (Å²) in [6, 6.07) is 17.6. The van der Waals surface area contributed by atoms with Gasteiger partial charge in [-0.2, -0.15) is 0 Å². The Balaban J connectivity index is 1.54. The van der Waals surface area contributed by atoms with Crippen LogP contribution in [0.25, 0.3) is 5.57 Å². The molecular weight excluding hydrogens is 427 g/mol. The molecule has 0 fully saturated rings. The van der Waals surface area contributed by atoms with Crippen molar-refractivity contribution in [1.29, 1.82) is 0 Å². The maximum Gasteiger partial charge on any atom is 0.252 e. The summed E-state index contributed by atoms with van der Waals surface area (Å²) in [7, 11) is 0. The lowest BCUT2D eigenvalue weighted by Crippen LogP contribution is -2.42. The molecular formula is C20H19IN2O2. The molecule has 1 aliphatic heterocycles. The zero-order valence-electron chi connectivity index (χ0n) is 13.7. The number of hydrogen-bond acceptors (Lipinski definition) is 2. The number of benzene rings is 2. The summed E-state index contributed by atoms with van der Waals surface area (Å²) in [5.41, 5.74) is 3.08. The minimum atomic E-state index is -0.212. The Kier molecular flexibility index (Phi) is 5.86. The van der Waals surface area contributed by atoms with Crippen LogP contribution in [0.4, 0.5) is 0 Å². The topological polar surface area (TPSA) is 49.4 Å². The van der Waals surface area contributed by atoms with Crippen molar-refractivity contribution in [2.45, 2.75) is 6.42 Å². The Hall–Kier alpha value is -2.15. The van der Waals surface area contributed by atoms with Gasteiger partial charge in [0.1, 0.15) is 0 Å². The van der Waals surface area contributed by atoms with Gasteiger partial charge in [0.05, 0.1) is 12.1 Å². The fourth-order valence-corrected chi connectivity index (χ4v) is 3.45. The second kappa shape index (κ2) is 8.29. The normalized spacial score (nSPS) is 14.0. The summed E-state index contributed by atoms with van der Waals surface area (Å²) < 4.78 is 0.874. The van der Waals surface area contributed by atoms with E-state index in [1.807, 2.05) is 36.4 Å². The predicted molar refractivity (Wildman–Crippen MR) is 107 cm³/mol. The van der Waals surface area contributed by atoms with Gasteiger partial charge in [-0.1, -0.05) is 48.5 Å². The summed E-state index contributed by atoms with van der Waals surface area (Å²) >= 11 is 2.12. The second-order valence-electron chi connectivity index (χ2n) is 5.85. The molecule has 2 aromatic carbocycles. The standard InChI is InChI=1S/C20H19IN2O2/c21-18-9-5-4-8-17(18)20(25)22-14-19(24)23-12-10-16(11-13-23)15-6-2-1-3-7-15/h1-10H,11-14H2,(H,22,25). The molecule has 0 aliphatic carbocycles. The Morgan fingerprint density at radius 2 is 1.76 bits per heavy atom. The van der Waals surface area contributed by atoms with Crippen molar-refractivity contribution in [2.75, 3.05) is 19.6 Å². The molecule has 0 saturated heterocycles. The summed E-state index contributed by atoms with van der Waals surface area (Å²) in [6.07, 6.45) is 2.93. The van der Waals surface area contributed by atoms with Crippen molar-refractivity contribution in [3.8, 4) is 0 Å². The summed E-state index contributed by atoms with van der Waals surface area (Å²) in [6.45, 7) is 1.29. The van der Waals surface area contributed by atoms with Crippen LogP contribution in [-0.2, 0) is 4.79 Å². The fourth-order valence-electron chi connectivity index (χ4n) is 2.82. The molecule has 0 bridgehead atoms. The van der Waals surface area contributed by atoms with E-state index in [4.69, 9.17) is 0 Å². The highest BCUT2D eigenvalue weighted by Gasteiger charge is 2.19. The van der Waals surface area contributed by atoms with E-state index in [0.29, 0.717) is 18.7 Å². The van der Waals surface area contributed by atoms with Gasteiger partial charge >= 0.3 is 0 Å². The van der Waals surface area contributed by atoms with Crippen molar-refractivity contribution < 1.29 is 9.59 Å². The molecule has 25 heavy (non-hydrogen) atoms. The SMILES string of the molecule is O=C(NCC(=O)N1CC=C(c2ccccc2)CC1)c1ccccc1I. The molecule has 0 aromatic heterocycles. The van der Waals surface area contributed by atoms with Gasteiger partial charge in [0.25, 0.3) is 5.91 Å². The fraction of sp³-hybridized carbons (Fsp3) is 0.200. The van der Waals surface area contributed by atoms with E-state index in [0.717, 1.165) is 9.99 Å². The molecule has 0 spiro atoms. The Labute approximate surface area is 161 Å². The van der Waals surface area contributed by atoms with Gasteiger partial charge in [-0.3, -0.25) is 9.59 Å². The highest BCUT2D eigenvalue weighted by atomic mass is 127. The van der Waals surface area contributed by atoms with Crippen LogP contribution in [0.3, 0.4) is 0 Å². The number of halogens is 1. The lowest BCUT2D eigenvalue weighted by molar-refractivity contribution is -0.129. The number of nitrogens with one attached hydrogen (secondary N) is 1. The first-order chi connectivity index (χ1) is 12.1. The molecule has 128 valence electrons. The Morgan fingerprint density at radius 3 is 2.44 bits per heavy atom. The molecule has 0 atom stereocenters. The van der Waals surface area contributed by atoms with E-state index in [1.54, 1.807) is 11.0 Å². The molecule has 2 aromatic rings. The number of carbonyl (C=O) groups is 2. The minimum Gasteiger partial charge on any atom is -0.343 e. The quantitative estimate of drug-likeness (QED) is 0.733. The first-order valence-corrected chi connectivity index (χ1v) is 9.28. The van der Waals surface area contributed by atoms with E-state index in [2.05, 4.69) is 46.1 Å². The molecule has 1 N–H and O–H groups in total. The van der Waals surface area contributed by atoms with E-state index in [-0.39, 0.29) is 18.4 Å². The summed E-state index contributed by atoms with van der Waals surface area (Å²) in [5, 5.41) is 2.72. The summed E-state index contributed by atoms with van der Waals surface area (Å²) in [5.74, 6) is -0.265. The third-order valence-corrected chi connectivity index (χ3v) is 5.17. The molecule has 5 heteroatoms. The Bertz CT molecular complexity index is 802. The number of carbonyl (C=O) groups excluding carboxylic acids is 2. The molecule has 3 rings (SSSR count). The highest BCUT2D eigenvalue weighted by Crippen LogP contribution is 2.21. The molecule has 0 unspecified atom stereocenters. The van der Waals surface area contributed by atoms with Gasteiger partial charge in [-0.15, -0.1) is 0 Å². The van der Waals surface area contributed by atoms with Crippen LogP contribution in [0.5, 0.6) is 0 Å². The maximum absolute atomic E-state index is 12.3. The van der Waals surface area contributed by atoms with Crippen molar-refractivity contribution >= 4 is 40.0 Å². The van der Waals surface area contributed by atoms with Crippen LogP contribution in [0.1, 0.15) is 22.3 Å². The predicted octanol–water partition coefficient (Wildman–Crippen LogP) is 3.34. The summed E-state index contributed by atoms with van der Waals surface area (Å²) in [4.78, 5) is 26.3. The van der Waals surface area contributed by atoms with Crippen LogP contribution in [0, 0.1) is 3.57 Å². The number of rotatable bonds is 4. The first kappa shape index (κ1) is 17.7. The minimum absolute atomic E-state index is 0.0261. The number of nitrogens with zero attached hydrogens (tertiary/aromatic N) is 1. The van der Waals surface area contributed by atoms with E-state index >= 15 is 0 Å². The lowest BCUT2D eigenvalue weighted by Gasteiger charge is -2.27. The monoisotopic (exact) mass is 446 g/mol. The maximum atomic E-state index is 12.3.